The number of amides is 1. The van der Waals surface area contributed by atoms with Crippen molar-refractivity contribution in [2.45, 2.75) is 53.2 Å². The van der Waals surface area contributed by atoms with Gasteiger partial charge < -0.3 is 19.2 Å². The molecule has 1 amide bonds. The first-order chi connectivity index (χ1) is 20.1. The van der Waals surface area contributed by atoms with Crippen molar-refractivity contribution >= 4 is 56.0 Å². The number of carbonyl (C=O) groups is 1. The molecule has 0 unspecified atom stereocenters. The van der Waals surface area contributed by atoms with Gasteiger partial charge in [0.2, 0.25) is 0 Å². The van der Waals surface area contributed by atoms with Crippen LogP contribution in [0.5, 0.6) is 11.5 Å². The van der Waals surface area contributed by atoms with E-state index in [1.54, 1.807) is 30.9 Å². The van der Waals surface area contributed by atoms with E-state index in [0.717, 1.165) is 40.4 Å². The Morgan fingerprint density at radius 3 is 2.76 bits per heavy atom. The normalized spacial score (nSPS) is 15.0. The number of nitrogens with zero attached hydrogens (tertiary/aromatic N) is 1. The quantitative estimate of drug-likeness (QED) is 0.180. The Balaban J connectivity index is 1.42. The highest BCUT2D eigenvalue weighted by Gasteiger charge is 2.33. The predicted octanol–water partition coefficient (Wildman–Crippen LogP) is 9.18. The largest absolute Gasteiger partial charge is 0.493 e. The summed E-state index contributed by atoms with van der Waals surface area (Å²) in [4.78, 5) is 19.6. The van der Waals surface area contributed by atoms with Gasteiger partial charge in [0.15, 0.2) is 11.5 Å². The number of carbonyl (C=O) groups excluding carboxylic acids is 1. The van der Waals surface area contributed by atoms with Crippen molar-refractivity contribution < 1.29 is 18.7 Å². The van der Waals surface area contributed by atoms with Crippen LogP contribution >= 0.6 is 38.9 Å². The van der Waals surface area contributed by atoms with Gasteiger partial charge in [0.1, 0.15) is 17.4 Å². The molecule has 4 aromatic rings. The van der Waals surface area contributed by atoms with E-state index in [4.69, 9.17) is 30.5 Å². The smallest absolute Gasteiger partial charge is 0.255 e. The maximum Gasteiger partial charge on any atom is 0.255 e. The van der Waals surface area contributed by atoms with Crippen molar-refractivity contribution in [1.29, 1.82) is 0 Å². The SMILES string of the molecule is COc1cc(C=Nc2sc3c(c2C(=O)NCc2ccco2)CC[C@H](C(C)(C)C)C3)cc(Br)c1OCc1ccccc1Cl. The fourth-order valence-electron chi connectivity index (χ4n) is 5.16. The lowest BCUT2D eigenvalue weighted by Crippen LogP contribution is -2.28. The molecule has 0 fully saturated rings. The van der Waals surface area contributed by atoms with E-state index in [1.807, 2.05) is 48.5 Å². The van der Waals surface area contributed by atoms with Crippen molar-refractivity contribution in [2.24, 2.45) is 16.3 Å². The summed E-state index contributed by atoms with van der Waals surface area (Å²) in [5.41, 5.74) is 3.67. The second-order valence-electron chi connectivity index (χ2n) is 11.4. The Kier molecular flexibility index (Phi) is 9.45. The van der Waals surface area contributed by atoms with Crippen LogP contribution in [0.25, 0.3) is 0 Å². The molecule has 1 N–H and O–H groups in total. The van der Waals surface area contributed by atoms with Crippen molar-refractivity contribution in [1.82, 2.24) is 5.32 Å². The number of aliphatic imine (C=N–C) groups is 1. The van der Waals surface area contributed by atoms with Gasteiger partial charge in [0, 0.05) is 21.7 Å². The minimum atomic E-state index is -0.132. The van der Waals surface area contributed by atoms with Crippen molar-refractivity contribution in [3.63, 3.8) is 0 Å². The average Bonchev–Trinajstić information content (AvgIpc) is 3.61. The lowest BCUT2D eigenvalue weighted by atomic mass is 9.72. The van der Waals surface area contributed by atoms with Gasteiger partial charge in [-0.25, -0.2) is 4.99 Å². The number of hydrogen-bond donors (Lipinski definition) is 1. The first kappa shape index (κ1) is 30.4. The first-order valence-corrected chi connectivity index (χ1v) is 15.9. The third-order valence-corrected chi connectivity index (χ3v) is 9.73. The van der Waals surface area contributed by atoms with E-state index in [2.05, 4.69) is 42.0 Å². The summed E-state index contributed by atoms with van der Waals surface area (Å²) in [6, 6.07) is 15.0. The Bertz CT molecular complexity index is 1590. The second-order valence-corrected chi connectivity index (χ2v) is 13.8. The van der Waals surface area contributed by atoms with E-state index in [9.17, 15) is 4.79 Å². The Labute approximate surface area is 264 Å². The highest BCUT2D eigenvalue weighted by molar-refractivity contribution is 9.10. The van der Waals surface area contributed by atoms with E-state index in [1.165, 1.54) is 4.88 Å². The van der Waals surface area contributed by atoms with Gasteiger partial charge in [-0.1, -0.05) is 50.6 Å². The third kappa shape index (κ3) is 6.93. The number of halogens is 2. The summed E-state index contributed by atoms with van der Waals surface area (Å²) in [5, 5.41) is 4.39. The summed E-state index contributed by atoms with van der Waals surface area (Å²) in [7, 11) is 1.60. The van der Waals surface area contributed by atoms with Crippen LogP contribution in [0.3, 0.4) is 0 Å². The molecule has 0 saturated heterocycles. The van der Waals surface area contributed by atoms with Crippen molar-refractivity contribution in [3.8, 4) is 11.5 Å². The minimum Gasteiger partial charge on any atom is -0.493 e. The zero-order valence-electron chi connectivity index (χ0n) is 24.1. The van der Waals surface area contributed by atoms with E-state index in [0.29, 0.717) is 51.9 Å². The summed E-state index contributed by atoms with van der Waals surface area (Å²) >= 11 is 11.6. The highest BCUT2D eigenvalue weighted by atomic mass is 79.9. The van der Waals surface area contributed by atoms with Crippen LogP contribution in [0.4, 0.5) is 5.00 Å². The second kappa shape index (κ2) is 13.1. The lowest BCUT2D eigenvalue weighted by molar-refractivity contribution is 0.0947. The number of ether oxygens (including phenoxy) is 2. The molecular weight excluding hydrogens is 636 g/mol. The fourth-order valence-corrected chi connectivity index (χ4v) is 7.19. The van der Waals surface area contributed by atoms with E-state index >= 15 is 0 Å². The van der Waals surface area contributed by atoms with Crippen LogP contribution in [-0.2, 0) is 26.0 Å². The predicted molar refractivity (Wildman–Crippen MR) is 173 cm³/mol. The molecule has 1 aliphatic carbocycles. The summed E-state index contributed by atoms with van der Waals surface area (Å²) in [6.45, 7) is 7.50. The first-order valence-electron chi connectivity index (χ1n) is 13.9. The van der Waals surface area contributed by atoms with Gasteiger partial charge in [-0.2, -0.15) is 0 Å². The van der Waals surface area contributed by atoms with Crippen LogP contribution in [0.2, 0.25) is 5.02 Å². The fraction of sp³-hybridized carbons (Fsp3) is 0.333. The lowest BCUT2D eigenvalue weighted by Gasteiger charge is -2.33. The molecule has 9 heteroatoms. The van der Waals surface area contributed by atoms with Gasteiger partial charge >= 0.3 is 0 Å². The average molecular weight is 670 g/mol. The monoisotopic (exact) mass is 668 g/mol. The van der Waals surface area contributed by atoms with Gasteiger partial charge in [0.05, 0.1) is 30.0 Å². The van der Waals surface area contributed by atoms with Crippen molar-refractivity contribution in [3.05, 3.63) is 97.2 Å². The number of hydrogen-bond acceptors (Lipinski definition) is 6. The Morgan fingerprint density at radius 1 is 1.24 bits per heavy atom. The van der Waals surface area contributed by atoms with Gasteiger partial charge in [-0.05, 0) is 88.0 Å². The number of benzene rings is 2. The zero-order chi connectivity index (χ0) is 29.9. The highest BCUT2D eigenvalue weighted by Crippen LogP contribution is 2.45. The van der Waals surface area contributed by atoms with E-state index < -0.39 is 0 Å². The molecule has 6 nitrogen and oxygen atoms in total. The molecule has 2 aromatic carbocycles. The Morgan fingerprint density at radius 2 is 2.05 bits per heavy atom. The number of nitrogens with one attached hydrogen (secondary N) is 1. The molecular formula is C33H34BrClN2O4S. The molecule has 1 atom stereocenters. The van der Waals surface area contributed by atoms with E-state index in [-0.39, 0.29) is 11.3 Å². The maximum atomic E-state index is 13.5. The molecule has 0 spiro atoms. The van der Waals surface area contributed by atoms with Crippen LogP contribution in [0, 0.1) is 11.3 Å². The van der Waals surface area contributed by atoms with Crippen molar-refractivity contribution in [2.75, 3.05) is 7.11 Å². The van der Waals surface area contributed by atoms with Crippen LogP contribution in [0.1, 0.15) is 64.9 Å². The summed E-state index contributed by atoms with van der Waals surface area (Å²) < 4.78 is 17.9. The number of fused-ring (bicyclic) bond motifs is 1. The zero-order valence-corrected chi connectivity index (χ0v) is 27.3. The molecule has 0 aliphatic heterocycles. The van der Waals surface area contributed by atoms with Crippen LogP contribution < -0.4 is 14.8 Å². The summed E-state index contributed by atoms with van der Waals surface area (Å²) in [5.74, 6) is 2.27. The molecule has 1 aliphatic rings. The van der Waals surface area contributed by atoms with Crippen LogP contribution in [-0.4, -0.2) is 19.2 Å². The van der Waals surface area contributed by atoms with Gasteiger partial charge in [-0.15, -0.1) is 11.3 Å². The topological polar surface area (TPSA) is 73.1 Å². The summed E-state index contributed by atoms with van der Waals surface area (Å²) in [6.07, 6.45) is 6.25. The molecule has 5 rings (SSSR count). The van der Waals surface area contributed by atoms with Gasteiger partial charge in [0.25, 0.3) is 5.91 Å². The van der Waals surface area contributed by atoms with Crippen LogP contribution in [0.15, 0.2) is 68.7 Å². The molecule has 2 aromatic heterocycles. The Hall–Kier alpha value is -3.07. The minimum absolute atomic E-state index is 0.132. The molecule has 0 bridgehead atoms. The number of thiophene rings is 1. The molecule has 0 radical (unpaired) electrons. The molecule has 2 heterocycles. The molecule has 0 saturated carbocycles. The number of methoxy groups -OCH3 is 1. The third-order valence-electron chi connectivity index (χ3n) is 7.61. The molecule has 42 heavy (non-hydrogen) atoms. The number of rotatable bonds is 9. The maximum absolute atomic E-state index is 13.5. The number of furan rings is 1. The van der Waals surface area contributed by atoms with Gasteiger partial charge in [-0.3, -0.25) is 4.79 Å². The standard InChI is InChI=1S/C33H34BrClN2O4S/c1-33(2,3)22-11-12-24-28(16-22)42-32(29(24)31(38)36-18-23-9-7-13-40-23)37-17-20-14-25(34)30(27(15-20)39-4)41-19-21-8-5-6-10-26(21)35/h5-10,13-15,17,22H,11-12,16,18-19H2,1-4H3,(H,36,38)/t22-/m0/s1. The molecule has 220 valence electrons.